The number of aryl methyl sites for hydroxylation is 1. The molecule has 2 rings (SSSR count). The highest BCUT2D eigenvalue weighted by molar-refractivity contribution is 7.92. The van der Waals surface area contributed by atoms with Crippen LogP contribution in [0.2, 0.25) is 0 Å². The van der Waals surface area contributed by atoms with Crippen molar-refractivity contribution in [3.8, 4) is 0 Å². The number of nitrogens with one attached hydrogen (secondary N) is 2. The summed E-state index contributed by atoms with van der Waals surface area (Å²) in [4.78, 5) is 34.3. The molecular formula is C18H19N3O6S. The average molecular weight is 405 g/mol. The molecule has 3 amide bonds. The summed E-state index contributed by atoms with van der Waals surface area (Å²) in [5, 5.41) is 1.78. The molecule has 0 unspecified atom stereocenters. The van der Waals surface area contributed by atoms with E-state index in [1.165, 1.54) is 25.1 Å². The molecule has 2 aromatic carbocycles. The molecule has 0 fully saturated rings. The van der Waals surface area contributed by atoms with E-state index in [-0.39, 0.29) is 10.5 Å². The monoisotopic (exact) mass is 405 g/mol. The molecule has 0 aromatic heterocycles. The van der Waals surface area contributed by atoms with E-state index in [1.54, 1.807) is 23.5 Å². The molecule has 28 heavy (non-hydrogen) atoms. The first kappa shape index (κ1) is 20.9. The van der Waals surface area contributed by atoms with E-state index in [0.29, 0.717) is 5.69 Å². The SMILES string of the molecule is Cc1cccc(NS(=O)(=O)c2cccc(C(=O)O[C@H](C)C(=O)NC(N)=O)c2)c1. The van der Waals surface area contributed by atoms with Crippen molar-refractivity contribution in [2.24, 2.45) is 5.73 Å². The maximum Gasteiger partial charge on any atom is 0.338 e. The number of carbonyl (C=O) groups excluding carboxylic acids is 3. The summed E-state index contributed by atoms with van der Waals surface area (Å²) in [6.07, 6.45) is -1.30. The molecular weight excluding hydrogens is 386 g/mol. The molecule has 10 heteroatoms. The molecule has 0 heterocycles. The number of benzene rings is 2. The van der Waals surface area contributed by atoms with Crippen molar-refractivity contribution in [2.45, 2.75) is 24.8 Å². The second-order valence-electron chi connectivity index (χ2n) is 5.90. The van der Waals surface area contributed by atoms with E-state index >= 15 is 0 Å². The van der Waals surface area contributed by atoms with Crippen LogP contribution in [0.3, 0.4) is 0 Å². The Balaban J connectivity index is 2.17. The van der Waals surface area contributed by atoms with Crippen LogP contribution in [0.5, 0.6) is 0 Å². The van der Waals surface area contributed by atoms with Gasteiger partial charge in [-0.2, -0.15) is 0 Å². The van der Waals surface area contributed by atoms with Gasteiger partial charge >= 0.3 is 12.0 Å². The largest absolute Gasteiger partial charge is 0.449 e. The van der Waals surface area contributed by atoms with Crippen molar-refractivity contribution in [3.05, 3.63) is 59.7 Å². The molecule has 0 bridgehead atoms. The lowest BCUT2D eigenvalue weighted by Gasteiger charge is -2.13. The van der Waals surface area contributed by atoms with E-state index in [1.807, 2.05) is 13.0 Å². The van der Waals surface area contributed by atoms with Crippen LogP contribution in [-0.2, 0) is 19.6 Å². The van der Waals surface area contributed by atoms with Gasteiger partial charge in [-0.1, -0.05) is 18.2 Å². The first-order chi connectivity index (χ1) is 13.1. The predicted molar refractivity (Wildman–Crippen MR) is 101 cm³/mol. The van der Waals surface area contributed by atoms with Gasteiger partial charge in [-0.15, -0.1) is 0 Å². The zero-order chi connectivity index (χ0) is 20.9. The van der Waals surface area contributed by atoms with Crippen LogP contribution in [-0.4, -0.2) is 32.4 Å². The van der Waals surface area contributed by atoms with E-state index in [4.69, 9.17) is 10.5 Å². The van der Waals surface area contributed by atoms with Gasteiger partial charge in [0.05, 0.1) is 10.5 Å². The Hall–Kier alpha value is -3.40. The highest BCUT2D eigenvalue weighted by Crippen LogP contribution is 2.18. The molecule has 0 radical (unpaired) electrons. The smallest absolute Gasteiger partial charge is 0.338 e. The Bertz CT molecular complexity index is 1020. The minimum Gasteiger partial charge on any atom is -0.449 e. The summed E-state index contributed by atoms with van der Waals surface area (Å²) in [5.41, 5.74) is 6.01. The number of amides is 3. The fraction of sp³-hybridized carbons (Fsp3) is 0.167. The lowest BCUT2D eigenvalue weighted by Crippen LogP contribution is -2.42. The highest BCUT2D eigenvalue weighted by atomic mass is 32.2. The summed E-state index contributed by atoms with van der Waals surface area (Å²) in [6.45, 7) is 3.07. The Morgan fingerprint density at radius 3 is 2.39 bits per heavy atom. The van der Waals surface area contributed by atoms with E-state index in [0.717, 1.165) is 11.6 Å². The van der Waals surface area contributed by atoms with Crippen LogP contribution < -0.4 is 15.8 Å². The number of imide groups is 1. The number of hydrogen-bond acceptors (Lipinski definition) is 6. The van der Waals surface area contributed by atoms with E-state index in [9.17, 15) is 22.8 Å². The number of primary amides is 1. The van der Waals surface area contributed by atoms with Gasteiger partial charge < -0.3 is 10.5 Å². The second kappa shape index (κ2) is 8.53. The zero-order valence-electron chi connectivity index (χ0n) is 15.1. The van der Waals surface area contributed by atoms with Gasteiger partial charge in [0.2, 0.25) is 0 Å². The van der Waals surface area contributed by atoms with Crippen molar-refractivity contribution in [2.75, 3.05) is 4.72 Å². The molecule has 0 aliphatic rings. The Morgan fingerprint density at radius 2 is 1.75 bits per heavy atom. The zero-order valence-corrected chi connectivity index (χ0v) is 15.9. The van der Waals surface area contributed by atoms with Crippen LogP contribution in [0.15, 0.2) is 53.4 Å². The molecule has 0 aliphatic heterocycles. The Labute approximate surface area is 161 Å². The number of esters is 1. The van der Waals surface area contributed by atoms with Crippen LogP contribution in [0.1, 0.15) is 22.8 Å². The molecule has 148 valence electrons. The van der Waals surface area contributed by atoms with Crippen LogP contribution in [0, 0.1) is 6.92 Å². The van der Waals surface area contributed by atoms with Crippen molar-refractivity contribution < 1.29 is 27.5 Å². The van der Waals surface area contributed by atoms with Crippen molar-refractivity contribution in [3.63, 3.8) is 0 Å². The quantitative estimate of drug-likeness (QED) is 0.622. The summed E-state index contributed by atoms with van der Waals surface area (Å²) < 4.78 is 32.5. The number of hydrogen-bond donors (Lipinski definition) is 3. The maximum absolute atomic E-state index is 12.6. The van der Waals surface area contributed by atoms with Gasteiger partial charge in [-0.25, -0.2) is 18.0 Å². The molecule has 2 aromatic rings. The molecule has 4 N–H and O–H groups in total. The summed E-state index contributed by atoms with van der Waals surface area (Å²) in [6, 6.07) is 10.9. The average Bonchev–Trinajstić information content (AvgIpc) is 2.60. The molecule has 0 spiro atoms. The third-order valence-electron chi connectivity index (χ3n) is 3.55. The van der Waals surface area contributed by atoms with Crippen molar-refractivity contribution >= 4 is 33.6 Å². The number of rotatable bonds is 6. The van der Waals surface area contributed by atoms with Gasteiger partial charge in [0.25, 0.3) is 15.9 Å². The molecule has 9 nitrogen and oxygen atoms in total. The number of anilines is 1. The first-order valence-corrected chi connectivity index (χ1v) is 9.57. The molecule has 0 saturated heterocycles. The number of carbonyl (C=O) groups is 3. The van der Waals surface area contributed by atoms with E-state index < -0.39 is 34.0 Å². The third kappa shape index (κ3) is 5.55. The second-order valence-corrected chi connectivity index (χ2v) is 7.59. The van der Waals surface area contributed by atoms with Crippen LogP contribution in [0.25, 0.3) is 0 Å². The number of urea groups is 1. The fourth-order valence-electron chi connectivity index (χ4n) is 2.22. The lowest BCUT2D eigenvalue weighted by molar-refractivity contribution is -0.127. The van der Waals surface area contributed by atoms with Crippen LogP contribution >= 0.6 is 0 Å². The van der Waals surface area contributed by atoms with Gasteiger partial charge in [0.15, 0.2) is 6.10 Å². The minimum atomic E-state index is -3.95. The highest BCUT2D eigenvalue weighted by Gasteiger charge is 2.22. The first-order valence-electron chi connectivity index (χ1n) is 8.09. The molecule has 0 saturated carbocycles. The summed E-state index contributed by atoms with van der Waals surface area (Å²) >= 11 is 0. The Kier molecular flexibility index (Phi) is 6.37. The number of sulfonamides is 1. The minimum absolute atomic E-state index is 0.0779. The van der Waals surface area contributed by atoms with Gasteiger partial charge in [-0.3, -0.25) is 14.8 Å². The Morgan fingerprint density at radius 1 is 1.07 bits per heavy atom. The topological polar surface area (TPSA) is 145 Å². The van der Waals surface area contributed by atoms with Crippen molar-refractivity contribution in [1.29, 1.82) is 0 Å². The number of nitrogens with two attached hydrogens (primary N) is 1. The van der Waals surface area contributed by atoms with Crippen LogP contribution in [0.4, 0.5) is 10.5 Å². The lowest BCUT2D eigenvalue weighted by atomic mass is 10.2. The standard InChI is InChI=1S/C18H19N3O6S/c1-11-5-3-7-14(9-11)21-28(25,26)15-8-4-6-13(10-15)17(23)27-12(2)16(22)20-18(19)24/h3-10,12,21H,1-2H3,(H3,19,20,22,24)/t12-/m1/s1. The van der Waals surface area contributed by atoms with Gasteiger partial charge in [-0.05, 0) is 49.7 Å². The van der Waals surface area contributed by atoms with E-state index in [2.05, 4.69) is 4.72 Å². The predicted octanol–water partition coefficient (Wildman–Crippen LogP) is 1.54. The maximum atomic E-state index is 12.6. The molecule has 0 aliphatic carbocycles. The van der Waals surface area contributed by atoms with Gasteiger partial charge in [0.1, 0.15) is 0 Å². The summed E-state index contributed by atoms with van der Waals surface area (Å²) in [7, 11) is -3.95. The van der Waals surface area contributed by atoms with Gasteiger partial charge in [0, 0.05) is 5.69 Å². The van der Waals surface area contributed by atoms with Crippen molar-refractivity contribution in [1.82, 2.24) is 5.32 Å². The normalized spacial score (nSPS) is 11.9. The molecule has 1 atom stereocenters. The number of ether oxygens (including phenoxy) is 1. The fourth-order valence-corrected chi connectivity index (χ4v) is 3.31. The summed E-state index contributed by atoms with van der Waals surface area (Å²) in [5.74, 6) is -1.83. The third-order valence-corrected chi connectivity index (χ3v) is 4.93.